The molecule has 0 radical (unpaired) electrons. The molecule has 0 saturated heterocycles. The minimum Gasteiger partial charge on any atom is -0.434 e. The summed E-state index contributed by atoms with van der Waals surface area (Å²) in [5.41, 5.74) is 2.44. The van der Waals surface area contributed by atoms with Crippen LogP contribution in [0.5, 0.6) is 5.75 Å². The molecule has 0 heterocycles. The smallest absolute Gasteiger partial charge is 0.434 e. The third-order valence-electron chi connectivity index (χ3n) is 4.25. The van der Waals surface area contributed by atoms with Gasteiger partial charge in [-0.2, -0.15) is 0 Å². The Balaban J connectivity index is 1.57. The highest BCUT2D eigenvalue weighted by atomic mass is 16.7. The zero-order chi connectivity index (χ0) is 22.1. The van der Waals surface area contributed by atoms with Gasteiger partial charge >= 0.3 is 6.16 Å². The van der Waals surface area contributed by atoms with Crippen LogP contribution in [0.15, 0.2) is 78.9 Å². The number of carbonyl (C=O) groups is 3. The summed E-state index contributed by atoms with van der Waals surface area (Å²) in [6.45, 7) is 2.23. The molecule has 2 N–H and O–H groups in total. The number of rotatable bonds is 7. The highest BCUT2D eigenvalue weighted by Gasteiger charge is 2.10. The van der Waals surface area contributed by atoms with Crippen molar-refractivity contribution in [1.82, 2.24) is 5.32 Å². The monoisotopic (exact) mass is 418 g/mol. The zero-order valence-corrected chi connectivity index (χ0v) is 17.0. The van der Waals surface area contributed by atoms with Gasteiger partial charge in [-0.05, 0) is 61.0 Å². The predicted octanol–water partition coefficient (Wildman–Crippen LogP) is 4.40. The van der Waals surface area contributed by atoms with E-state index in [1.165, 1.54) is 12.1 Å². The number of benzene rings is 3. The Bertz CT molecular complexity index is 1050. The lowest BCUT2D eigenvalue weighted by Gasteiger charge is -2.09. The van der Waals surface area contributed by atoms with E-state index in [1.54, 1.807) is 61.5 Å². The van der Waals surface area contributed by atoms with E-state index in [9.17, 15) is 14.4 Å². The van der Waals surface area contributed by atoms with Gasteiger partial charge in [0.25, 0.3) is 11.8 Å². The summed E-state index contributed by atoms with van der Waals surface area (Å²) in [5.74, 6) is -0.195. The van der Waals surface area contributed by atoms with Crippen LogP contribution in [0.2, 0.25) is 0 Å². The van der Waals surface area contributed by atoms with Gasteiger partial charge in [-0.15, -0.1) is 0 Å². The lowest BCUT2D eigenvalue weighted by Crippen LogP contribution is -2.22. The summed E-state index contributed by atoms with van der Waals surface area (Å²) >= 11 is 0. The quantitative estimate of drug-likeness (QED) is 0.438. The van der Waals surface area contributed by atoms with Gasteiger partial charge in [0, 0.05) is 23.4 Å². The third-order valence-corrected chi connectivity index (χ3v) is 4.25. The van der Waals surface area contributed by atoms with E-state index < -0.39 is 6.16 Å². The number of nitrogens with one attached hydrogen (secondary N) is 2. The molecule has 3 aromatic rings. The van der Waals surface area contributed by atoms with E-state index in [1.807, 2.05) is 12.1 Å². The SMILES string of the molecule is CCOC(=O)Oc1ccc(C(=O)Nc2cccc(CNC(=O)c3ccccc3)c2)cc1. The van der Waals surface area contributed by atoms with Crippen LogP contribution in [0.25, 0.3) is 0 Å². The van der Waals surface area contributed by atoms with Crippen molar-refractivity contribution >= 4 is 23.7 Å². The van der Waals surface area contributed by atoms with Gasteiger partial charge in [0.05, 0.1) is 6.61 Å². The van der Waals surface area contributed by atoms with Crippen molar-refractivity contribution < 1.29 is 23.9 Å². The van der Waals surface area contributed by atoms with E-state index >= 15 is 0 Å². The first-order valence-corrected chi connectivity index (χ1v) is 9.73. The van der Waals surface area contributed by atoms with E-state index in [2.05, 4.69) is 10.6 Å². The molecule has 0 saturated carbocycles. The molecule has 7 heteroatoms. The molecular weight excluding hydrogens is 396 g/mol. The van der Waals surface area contributed by atoms with Crippen LogP contribution in [0.4, 0.5) is 10.5 Å². The number of ether oxygens (including phenoxy) is 2. The fourth-order valence-corrected chi connectivity index (χ4v) is 2.75. The lowest BCUT2D eigenvalue weighted by atomic mass is 10.1. The maximum absolute atomic E-state index is 12.5. The number of hydrogen-bond acceptors (Lipinski definition) is 5. The standard InChI is InChI=1S/C24H22N2O5/c1-2-30-24(29)31-21-13-11-19(12-14-21)23(28)26-20-10-6-7-17(15-20)16-25-22(27)18-8-4-3-5-9-18/h3-15H,2,16H2,1H3,(H,25,27)(H,26,28). The fourth-order valence-electron chi connectivity index (χ4n) is 2.75. The average molecular weight is 418 g/mol. The maximum Gasteiger partial charge on any atom is 0.513 e. The van der Waals surface area contributed by atoms with Gasteiger partial charge in [-0.25, -0.2) is 4.79 Å². The molecule has 3 aromatic carbocycles. The first kappa shape index (κ1) is 21.6. The van der Waals surface area contributed by atoms with Crippen molar-refractivity contribution in [1.29, 1.82) is 0 Å². The second kappa shape index (κ2) is 10.6. The maximum atomic E-state index is 12.5. The Kier molecular flexibility index (Phi) is 7.37. The Morgan fingerprint density at radius 2 is 1.52 bits per heavy atom. The van der Waals surface area contributed by atoms with E-state index in [-0.39, 0.29) is 24.2 Å². The summed E-state index contributed by atoms with van der Waals surface area (Å²) < 4.78 is 9.68. The molecule has 0 aliphatic carbocycles. The van der Waals surface area contributed by atoms with E-state index in [0.717, 1.165) is 5.56 Å². The fraction of sp³-hybridized carbons (Fsp3) is 0.125. The van der Waals surface area contributed by atoms with Crippen LogP contribution < -0.4 is 15.4 Å². The topological polar surface area (TPSA) is 93.7 Å². The first-order valence-electron chi connectivity index (χ1n) is 9.73. The van der Waals surface area contributed by atoms with Gasteiger partial charge in [-0.1, -0.05) is 30.3 Å². The van der Waals surface area contributed by atoms with Crippen molar-refractivity contribution in [2.45, 2.75) is 13.5 Å². The van der Waals surface area contributed by atoms with Crippen molar-refractivity contribution in [3.8, 4) is 5.75 Å². The van der Waals surface area contributed by atoms with Crippen molar-refractivity contribution in [3.63, 3.8) is 0 Å². The van der Waals surface area contributed by atoms with E-state index in [4.69, 9.17) is 9.47 Å². The second-order valence-corrected chi connectivity index (χ2v) is 6.51. The van der Waals surface area contributed by atoms with E-state index in [0.29, 0.717) is 23.4 Å². The summed E-state index contributed by atoms with van der Waals surface area (Å²) in [4.78, 5) is 36.0. The molecule has 7 nitrogen and oxygen atoms in total. The van der Waals surface area contributed by atoms with Crippen LogP contribution in [-0.4, -0.2) is 24.6 Å². The van der Waals surface area contributed by atoms with Crippen LogP contribution in [-0.2, 0) is 11.3 Å². The predicted molar refractivity (Wildman–Crippen MR) is 116 cm³/mol. The first-order chi connectivity index (χ1) is 15.0. The van der Waals surface area contributed by atoms with Gasteiger partial charge in [0.15, 0.2) is 0 Å². The Morgan fingerprint density at radius 1 is 0.806 bits per heavy atom. The molecule has 0 aromatic heterocycles. The average Bonchev–Trinajstić information content (AvgIpc) is 2.79. The van der Waals surface area contributed by atoms with Crippen LogP contribution in [0.1, 0.15) is 33.2 Å². The largest absolute Gasteiger partial charge is 0.513 e. The molecule has 0 fully saturated rings. The van der Waals surface area contributed by atoms with Crippen molar-refractivity contribution in [3.05, 3.63) is 95.6 Å². The third kappa shape index (κ3) is 6.43. The molecule has 0 atom stereocenters. The molecule has 0 spiro atoms. The molecule has 3 rings (SSSR count). The Labute approximate surface area is 180 Å². The minimum absolute atomic E-state index is 0.167. The van der Waals surface area contributed by atoms with Gasteiger partial charge in [0.1, 0.15) is 5.75 Å². The number of carbonyl (C=O) groups excluding carboxylic acids is 3. The number of amides is 2. The van der Waals surface area contributed by atoms with Crippen LogP contribution in [0, 0.1) is 0 Å². The minimum atomic E-state index is -0.795. The van der Waals surface area contributed by atoms with Gasteiger partial charge < -0.3 is 20.1 Å². The Morgan fingerprint density at radius 3 is 2.23 bits per heavy atom. The normalized spacial score (nSPS) is 10.1. The highest BCUT2D eigenvalue weighted by Crippen LogP contribution is 2.16. The van der Waals surface area contributed by atoms with Gasteiger partial charge in [-0.3, -0.25) is 9.59 Å². The lowest BCUT2D eigenvalue weighted by molar-refractivity contribution is 0.0949. The van der Waals surface area contributed by atoms with Crippen LogP contribution in [0.3, 0.4) is 0 Å². The van der Waals surface area contributed by atoms with Crippen LogP contribution >= 0.6 is 0 Å². The molecule has 0 aliphatic rings. The molecule has 0 unspecified atom stereocenters. The molecule has 2 amide bonds. The molecule has 0 bridgehead atoms. The Hall–Kier alpha value is -4.13. The van der Waals surface area contributed by atoms with Crippen molar-refractivity contribution in [2.75, 3.05) is 11.9 Å². The molecule has 0 aliphatic heterocycles. The summed E-state index contributed by atoms with van der Waals surface area (Å²) in [6.07, 6.45) is -0.795. The van der Waals surface area contributed by atoms with Crippen molar-refractivity contribution in [2.24, 2.45) is 0 Å². The molecule has 158 valence electrons. The molecule has 31 heavy (non-hydrogen) atoms. The second-order valence-electron chi connectivity index (χ2n) is 6.51. The summed E-state index contributed by atoms with van der Waals surface area (Å²) in [5, 5.41) is 5.67. The number of hydrogen-bond donors (Lipinski definition) is 2. The molecular formula is C24H22N2O5. The highest BCUT2D eigenvalue weighted by molar-refractivity contribution is 6.04. The summed E-state index contributed by atoms with van der Waals surface area (Å²) in [6, 6.07) is 22.3. The summed E-state index contributed by atoms with van der Waals surface area (Å²) in [7, 11) is 0. The number of anilines is 1. The zero-order valence-electron chi connectivity index (χ0n) is 17.0. The van der Waals surface area contributed by atoms with Gasteiger partial charge in [0.2, 0.25) is 0 Å².